The molecule has 0 aromatic rings. The number of carbonyl (C=O) groups is 4. The molecule has 0 amide bonds. The van der Waals surface area contributed by atoms with Crippen molar-refractivity contribution in [2.24, 2.45) is 17.8 Å². The molecule has 0 aromatic carbocycles. The van der Waals surface area contributed by atoms with E-state index in [-0.39, 0.29) is 25.7 Å². The first kappa shape index (κ1) is 102. The predicted molar refractivity (Wildman–Crippen MR) is 428 cm³/mol. The number of hydrogen-bond donors (Lipinski definition) is 3. The number of rotatable bonds is 83. The minimum atomic E-state index is -4.97. The van der Waals surface area contributed by atoms with Crippen LogP contribution in [0.1, 0.15) is 447 Å². The number of hydrogen-bond acceptors (Lipinski definition) is 15. The molecule has 5 atom stereocenters. The smallest absolute Gasteiger partial charge is 0.462 e. The van der Waals surface area contributed by atoms with E-state index in [1.165, 1.54) is 257 Å². The van der Waals surface area contributed by atoms with E-state index in [1.807, 2.05) is 0 Å². The van der Waals surface area contributed by atoms with Crippen molar-refractivity contribution in [1.29, 1.82) is 0 Å². The van der Waals surface area contributed by atoms with E-state index in [0.717, 1.165) is 108 Å². The average molecular weight is 1520 g/mol. The Morgan fingerprint density at radius 1 is 0.260 bits per heavy atom. The van der Waals surface area contributed by atoms with Gasteiger partial charge in [-0.15, -0.1) is 0 Å². The summed E-state index contributed by atoms with van der Waals surface area (Å²) < 4.78 is 68.9. The van der Waals surface area contributed by atoms with Crippen LogP contribution in [0.3, 0.4) is 0 Å². The van der Waals surface area contributed by atoms with Gasteiger partial charge in [0.2, 0.25) is 0 Å². The Bertz CT molecular complexity index is 2010. The summed E-state index contributed by atoms with van der Waals surface area (Å²) in [5.41, 5.74) is 0. The van der Waals surface area contributed by atoms with Crippen molar-refractivity contribution >= 4 is 39.5 Å². The van der Waals surface area contributed by atoms with Crippen LogP contribution in [0.15, 0.2) is 0 Å². The summed E-state index contributed by atoms with van der Waals surface area (Å²) in [7, 11) is -9.93. The maximum atomic E-state index is 13.1. The first-order chi connectivity index (χ1) is 50.2. The summed E-state index contributed by atoms with van der Waals surface area (Å²) in [6.07, 6.45) is 65.3. The van der Waals surface area contributed by atoms with Crippen LogP contribution in [0.5, 0.6) is 0 Å². The van der Waals surface area contributed by atoms with Crippen LogP contribution in [0.4, 0.5) is 0 Å². The molecule has 618 valence electrons. The van der Waals surface area contributed by atoms with Crippen molar-refractivity contribution in [3.05, 3.63) is 0 Å². The fourth-order valence-corrected chi connectivity index (χ4v) is 14.8. The Labute approximate surface area is 638 Å². The zero-order chi connectivity index (χ0) is 76.5. The lowest BCUT2D eigenvalue weighted by Gasteiger charge is -2.21. The quantitative estimate of drug-likeness (QED) is 0.0222. The van der Waals surface area contributed by atoms with Gasteiger partial charge in [0.05, 0.1) is 26.4 Å². The van der Waals surface area contributed by atoms with Crippen LogP contribution in [0, 0.1) is 17.8 Å². The highest BCUT2D eigenvalue weighted by atomic mass is 31.2. The molecule has 0 spiro atoms. The van der Waals surface area contributed by atoms with Gasteiger partial charge in [-0.3, -0.25) is 37.3 Å². The highest BCUT2D eigenvalue weighted by Gasteiger charge is 2.30. The van der Waals surface area contributed by atoms with Crippen molar-refractivity contribution in [3.8, 4) is 0 Å². The molecule has 0 aliphatic carbocycles. The van der Waals surface area contributed by atoms with E-state index in [4.69, 9.17) is 37.0 Å². The third-order valence-corrected chi connectivity index (χ3v) is 21.8. The lowest BCUT2D eigenvalue weighted by atomic mass is 10.0. The van der Waals surface area contributed by atoms with Crippen LogP contribution in [-0.4, -0.2) is 96.7 Å². The average Bonchev–Trinajstić information content (AvgIpc) is 0.914. The number of phosphoric ester groups is 2. The Morgan fingerprint density at radius 2 is 0.442 bits per heavy atom. The SMILES string of the molecule is CCCCCCCCCCCCCCCCCCCCCCCC(=O)O[C@H](COC(=O)CCCCCCCCCCCCCCCCC(C)C)COP(=O)(O)OC[C@@H](O)COP(=O)(O)OC[C@@H](COC(=O)CCCCCCCCCCC(C)C)OC(=O)CCCCCCCCCCCCCCC(C)C. The number of esters is 4. The molecule has 0 aliphatic heterocycles. The Balaban J connectivity index is 5.24. The number of aliphatic hydroxyl groups excluding tert-OH is 1. The van der Waals surface area contributed by atoms with E-state index in [9.17, 15) is 43.2 Å². The highest BCUT2D eigenvalue weighted by Crippen LogP contribution is 2.45. The van der Waals surface area contributed by atoms with Gasteiger partial charge in [0.15, 0.2) is 12.2 Å². The zero-order valence-corrected chi connectivity index (χ0v) is 70.3. The fraction of sp³-hybridized carbons (Fsp3) is 0.953. The predicted octanol–water partition coefficient (Wildman–Crippen LogP) is 25.7. The summed E-state index contributed by atoms with van der Waals surface area (Å²) in [4.78, 5) is 73.2. The highest BCUT2D eigenvalue weighted by molar-refractivity contribution is 7.47. The van der Waals surface area contributed by atoms with Gasteiger partial charge in [-0.2, -0.15) is 0 Å². The molecule has 0 saturated heterocycles. The van der Waals surface area contributed by atoms with Crippen molar-refractivity contribution in [2.75, 3.05) is 39.6 Å². The first-order valence-corrected chi connectivity index (χ1v) is 46.8. The van der Waals surface area contributed by atoms with Gasteiger partial charge in [0.25, 0.3) is 0 Å². The van der Waals surface area contributed by atoms with Gasteiger partial charge < -0.3 is 33.8 Å². The lowest BCUT2D eigenvalue weighted by Crippen LogP contribution is -2.30. The molecule has 0 fully saturated rings. The summed E-state index contributed by atoms with van der Waals surface area (Å²) >= 11 is 0. The third-order valence-electron chi connectivity index (χ3n) is 19.9. The Hall–Kier alpha value is -1.94. The normalized spacial score (nSPS) is 13.9. The number of unbranched alkanes of at least 4 members (excludes halogenated alkanes) is 51. The maximum Gasteiger partial charge on any atom is 0.472 e. The molecule has 0 bridgehead atoms. The largest absolute Gasteiger partial charge is 0.472 e. The molecular formula is C85H166O17P2. The molecule has 3 N–H and O–H groups in total. The third kappa shape index (κ3) is 78.2. The first-order valence-electron chi connectivity index (χ1n) is 43.8. The van der Waals surface area contributed by atoms with Gasteiger partial charge in [0.1, 0.15) is 19.3 Å². The van der Waals surface area contributed by atoms with Crippen LogP contribution >= 0.6 is 15.6 Å². The topological polar surface area (TPSA) is 237 Å². The molecule has 19 heteroatoms. The summed E-state index contributed by atoms with van der Waals surface area (Å²) in [5.74, 6) is 0.195. The van der Waals surface area contributed by atoms with E-state index in [2.05, 4.69) is 48.5 Å². The minimum absolute atomic E-state index is 0.106. The van der Waals surface area contributed by atoms with E-state index >= 15 is 0 Å². The number of aliphatic hydroxyl groups is 1. The molecule has 0 aliphatic rings. The van der Waals surface area contributed by atoms with Crippen LogP contribution < -0.4 is 0 Å². The second kappa shape index (κ2) is 75.1. The fourth-order valence-electron chi connectivity index (χ4n) is 13.2. The monoisotopic (exact) mass is 1520 g/mol. The van der Waals surface area contributed by atoms with Gasteiger partial charge in [-0.05, 0) is 43.4 Å². The van der Waals surface area contributed by atoms with Crippen LogP contribution in [0.25, 0.3) is 0 Å². The number of carbonyl (C=O) groups excluding carboxylic acids is 4. The lowest BCUT2D eigenvalue weighted by molar-refractivity contribution is -0.161. The molecule has 0 radical (unpaired) electrons. The number of ether oxygens (including phenoxy) is 4. The van der Waals surface area contributed by atoms with Crippen molar-refractivity contribution < 1.29 is 80.2 Å². The Morgan fingerprint density at radius 3 is 0.654 bits per heavy atom. The summed E-state index contributed by atoms with van der Waals surface area (Å²) in [6.45, 7) is 12.0. The van der Waals surface area contributed by atoms with Crippen molar-refractivity contribution in [2.45, 2.75) is 465 Å². The van der Waals surface area contributed by atoms with Gasteiger partial charge in [-0.25, -0.2) is 9.13 Å². The number of phosphoric acid groups is 2. The standard InChI is InChI=1S/C85H166O17P2/c1-8-9-10-11-12-13-14-15-16-17-18-19-20-21-22-27-33-38-47-54-61-68-84(89)101-80(72-95-82(87)66-59-52-45-37-32-26-24-23-25-30-35-42-49-56-63-76(2)3)74-99-103(91,92)97-70-79(86)71-98-104(93,94)100-75-81(73-96-83(88)67-60-53-46-41-40-44-51-58-65-78(6)7)102-85(90)69-62-55-48-39-34-29-28-31-36-43-50-57-64-77(4)5/h76-81,86H,8-75H2,1-7H3,(H,91,92)(H,93,94)/t79-,80-,81-/m1/s1. The van der Waals surface area contributed by atoms with Crippen molar-refractivity contribution in [3.63, 3.8) is 0 Å². The van der Waals surface area contributed by atoms with E-state index in [1.54, 1.807) is 0 Å². The van der Waals surface area contributed by atoms with Crippen LogP contribution in [0.2, 0.25) is 0 Å². The van der Waals surface area contributed by atoms with Gasteiger partial charge in [-0.1, -0.05) is 395 Å². The molecule has 104 heavy (non-hydrogen) atoms. The second-order valence-electron chi connectivity index (χ2n) is 32.0. The second-order valence-corrected chi connectivity index (χ2v) is 34.9. The maximum absolute atomic E-state index is 13.1. The molecular weight excluding hydrogens is 1350 g/mol. The molecule has 0 heterocycles. The molecule has 0 saturated carbocycles. The molecule has 17 nitrogen and oxygen atoms in total. The van der Waals surface area contributed by atoms with E-state index < -0.39 is 97.5 Å². The summed E-state index contributed by atoms with van der Waals surface area (Å²) in [6, 6.07) is 0. The Kier molecular flexibility index (Phi) is 73.7. The summed E-state index contributed by atoms with van der Waals surface area (Å²) in [5, 5.41) is 10.7. The van der Waals surface area contributed by atoms with Gasteiger partial charge >= 0.3 is 39.5 Å². The zero-order valence-electron chi connectivity index (χ0n) is 68.5. The molecule has 0 rings (SSSR count). The van der Waals surface area contributed by atoms with Gasteiger partial charge in [0, 0.05) is 25.7 Å². The molecule has 2 unspecified atom stereocenters. The van der Waals surface area contributed by atoms with E-state index in [0.29, 0.717) is 25.7 Å². The molecule has 0 aromatic heterocycles. The van der Waals surface area contributed by atoms with Crippen molar-refractivity contribution in [1.82, 2.24) is 0 Å². The van der Waals surface area contributed by atoms with Crippen LogP contribution in [-0.2, 0) is 65.4 Å². The minimum Gasteiger partial charge on any atom is -0.462 e.